The first-order chi connectivity index (χ1) is 12.1. The predicted octanol–water partition coefficient (Wildman–Crippen LogP) is 4.35. The van der Waals surface area contributed by atoms with Gasteiger partial charge >= 0.3 is 0 Å². The van der Waals surface area contributed by atoms with Gasteiger partial charge < -0.3 is 5.32 Å². The third-order valence-electron chi connectivity index (χ3n) is 3.52. The van der Waals surface area contributed by atoms with Gasteiger partial charge in [-0.1, -0.05) is 18.5 Å². The summed E-state index contributed by atoms with van der Waals surface area (Å²) in [4.78, 5) is 13.6. The first-order valence-corrected chi connectivity index (χ1v) is 8.79. The van der Waals surface area contributed by atoms with Crippen LogP contribution in [-0.2, 0) is 6.42 Å². The minimum absolute atomic E-state index is 0.275. The Kier molecular flexibility index (Phi) is 4.06. The topological polar surface area (TPSA) is 68.0 Å². The Morgan fingerprint density at radius 2 is 2.00 bits per heavy atom. The molecule has 6 nitrogen and oxygen atoms in total. The van der Waals surface area contributed by atoms with Gasteiger partial charge in [0.2, 0.25) is 10.9 Å². The van der Waals surface area contributed by atoms with E-state index in [0.717, 1.165) is 16.2 Å². The molecule has 0 radical (unpaired) electrons. The number of halogens is 2. The number of rotatable bonds is 4. The molecule has 3 heterocycles. The van der Waals surface area contributed by atoms with Crippen molar-refractivity contribution in [2.45, 2.75) is 13.3 Å². The van der Waals surface area contributed by atoms with Crippen molar-refractivity contribution in [3.63, 3.8) is 0 Å². The number of benzene rings is 1. The Bertz CT molecular complexity index is 1040. The fraction of sp³-hybridized carbons (Fsp3) is 0.125. The normalized spacial score (nSPS) is 11.2. The van der Waals surface area contributed by atoms with Crippen molar-refractivity contribution in [3.05, 3.63) is 52.5 Å². The van der Waals surface area contributed by atoms with Crippen LogP contribution in [0, 0.1) is 5.82 Å². The second-order valence-corrected chi connectivity index (χ2v) is 6.45. The summed E-state index contributed by atoms with van der Waals surface area (Å²) in [6.07, 6.45) is 0.676. The molecule has 0 bridgehead atoms. The summed E-state index contributed by atoms with van der Waals surface area (Å²) >= 11 is 7.46. The van der Waals surface area contributed by atoms with Crippen LogP contribution in [0.4, 0.5) is 16.2 Å². The zero-order chi connectivity index (χ0) is 17.4. The lowest BCUT2D eigenvalue weighted by molar-refractivity contribution is 0.628. The largest absolute Gasteiger partial charge is 0.307 e. The zero-order valence-corrected chi connectivity index (χ0v) is 14.6. The number of thiazole rings is 1. The van der Waals surface area contributed by atoms with Crippen LogP contribution in [0.2, 0.25) is 5.15 Å². The highest BCUT2D eigenvalue weighted by molar-refractivity contribution is 7.15. The fourth-order valence-corrected chi connectivity index (χ4v) is 3.39. The van der Waals surface area contributed by atoms with E-state index < -0.39 is 0 Å². The van der Waals surface area contributed by atoms with E-state index in [-0.39, 0.29) is 5.82 Å². The van der Waals surface area contributed by atoms with Crippen molar-refractivity contribution < 1.29 is 4.39 Å². The summed E-state index contributed by atoms with van der Waals surface area (Å²) in [5, 5.41) is 9.81. The lowest BCUT2D eigenvalue weighted by atomic mass is 10.2. The van der Waals surface area contributed by atoms with Gasteiger partial charge in [0.25, 0.3) is 0 Å². The Labute approximate surface area is 151 Å². The van der Waals surface area contributed by atoms with Gasteiger partial charge in [-0.15, -0.1) is 16.4 Å². The van der Waals surface area contributed by atoms with Crippen molar-refractivity contribution >= 4 is 39.7 Å². The summed E-state index contributed by atoms with van der Waals surface area (Å²) in [5.74, 6) is 1.32. The van der Waals surface area contributed by atoms with E-state index >= 15 is 0 Å². The monoisotopic (exact) mass is 374 g/mol. The van der Waals surface area contributed by atoms with E-state index in [1.54, 1.807) is 22.7 Å². The summed E-state index contributed by atoms with van der Waals surface area (Å²) in [6, 6.07) is 7.89. The van der Waals surface area contributed by atoms with E-state index in [2.05, 4.69) is 25.4 Å². The van der Waals surface area contributed by atoms with Crippen molar-refractivity contribution in [2.24, 2.45) is 0 Å². The number of aromatic nitrogens is 5. The molecule has 3 aromatic heterocycles. The summed E-state index contributed by atoms with van der Waals surface area (Å²) in [5.41, 5.74) is 1.71. The highest BCUT2D eigenvalue weighted by Crippen LogP contribution is 2.26. The zero-order valence-electron chi connectivity index (χ0n) is 13.1. The molecule has 1 aromatic carbocycles. The molecule has 0 unspecified atom stereocenters. The van der Waals surface area contributed by atoms with Gasteiger partial charge in [0, 0.05) is 23.4 Å². The number of nitrogens with one attached hydrogen (secondary N) is 1. The van der Waals surface area contributed by atoms with Crippen molar-refractivity contribution in [2.75, 3.05) is 5.32 Å². The van der Waals surface area contributed by atoms with Gasteiger partial charge in [-0.2, -0.15) is 4.98 Å². The van der Waals surface area contributed by atoms with Gasteiger partial charge in [-0.05, 0) is 24.3 Å². The second-order valence-electron chi connectivity index (χ2n) is 5.23. The van der Waals surface area contributed by atoms with Crippen LogP contribution in [0.25, 0.3) is 16.2 Å². The Morgan fingerprint density at radius 1 is 1.20 bits per heavy atom. The minimum atomic E-state index is -0.275. The third-order valence-corrected chi connectivity index (χ3v) is 4.53. The van der Waals surface area contributed by atoms with E-state index in [1.807, 2.05) is 12.3 Å². The molecule has 126 valence electrons. The Hall–Kier alpha value is -2.58. The number of nitrogens with zero attached hydrogens (tertiary/aromatic N) is 5. The van der Waals surface area contributed by atoms with Crippen LogP contribution in [-0.4, -0.2) is 24.6 Å². The maximum atomic E-state index is 13.1. The van der Waals surface area contributed by atoms with E-state index in [4.69, 9.17) is 11.6 Å². The van der Waals surface area contributed by atoms with E-state index in [1.165, 1.54) is 23.5 Å². The molecule has 9 heteroatoms. The number of aryl methyl sites for hydroxylation is 1. The van der Waals surface area contributed by atoms with Crippen molar-refractivity contribution in [3.8, 4) is 11.3 Å². The quantitative estimate of drug-likeness (QED) is 0.538. The molecule has 25 heavy (non-hydrogen) atoms. The molecule has 0 aliphatic carbocycles. The van der Waals surface area contributed by atoms with Crippen LogP contribution in [0.15, 0.2) is 35.7 Å². The average Bonchev–Trinajstić information content (AvgIpc) is 3.15. The maximum Gasteiger partial charge on any atom is 0.249 e. The van der Waals surface area contributed by atoms with Gasteiger partial charge in [-0.25, -0.2) is 18.9 Å². The highest BCUT2D eigenvalue weighted by atomic mass is 35.5. The Balaban J connectivity index is 1.68. The smallest absolute Gasteiger partial charge is 0.249 e. The van der Waals surface area contributed by atoms with E-state index in [0.29, 0.717) is 29.2 Å². The molecule has 0 saturated carbocycles. The van der Waals surface area contributed by atoms with Gasteiger partial charge in [0.05, 0.1) is 5.69 Å². The van der Waals surface area contributed by atoms with Crippen molar-refractivity contribution in [1.82, 2.24) is 24.6 Å². The standard InChI is InChI=1S/C16H12ClFN6S/c1-2-13-19-12(17)7-14(20-13)21-15-22-16-24(23-15)11(8-25-16)9-3-5-10(18)6-4-9/h3-8H,2H2,1H3,(H,19,20,21,23). The average molecular weight is 375 g/mol. The molecular weight excluding hydrogens is 363 g/mol. The molecule has 0 spiro atoms. The number of hydrogen-bond acceptors (Lipinski definition) is 6. The number of fused-ring (bicyclic) bond motifs is 1. The first kappa shape index (κ1) is 15.9. The molecular formula is C16H12ClFN6S. The molecule has 0 aliphatic rings. The van der Waals surface area contributed by atoms with Gasteiger partial charge in [-0.3, -0.25) is 0 Å². The lowest BCUT2D eigenvalue weighted by Crippen LogP contribution is -2.01. The van der Waals surface area contributed by atoms with Gasteiger partial charge in [0.1, 0.15) is 22.6 Å². The van der Waals surface area contributed by atoms with Crippen LogP contribution < -0.4 is 5.32 Å². The maximum absolute atomic E-state index is 13.1. The molecule has 0 fully saturated rings. The molecule has 0 saturated heterocycles. The molecule has 0 aliphatic heterocycles. The number of anilines is 2. The van der Waals surface area contributed by atoms with Crippen LogP contribution in [0.1, 0.15) is 12.7 Å². The predicted molar refractivity (Wildman–Crippen MR) is 96.0 cm³/mol. The summed E-state index contributed by atoms with van der Waals surface area (Å²) in [7, 11) is 0. The summed E-state index contributed by atoms with van der Waals surface area (Å²) < 4.78 is 14.8. The highest BCUT2D eigenvalue weighted by Gasteiger charge is 2.12. The molecule has 0 atom stereocenters. The molecule has 4 rings (SSSR count). The first-order valence-electron chi connectivity index (χ1n) is 7.53. The SMILES string of the molecule is CCc1nc(Cl)cc(Nc2nc3scc(-c4ccc(F)cc4)n3n2)n1. The lowest BCUT2D eigenvalue weighted by Gasteiger charge is -2.03. The minimum Gasteiger partial charge on any atom is -0.307 e. The van der Waals surface area contributed by atoms with E-state index in [9.17, 15) is 4.39 Å². The van der Waals surface area contributed by atoms with Crippen molar-refractivity contribution in [1.29, 1.82) is 0 Å². The van der Waals surface area contributed by atoms with Gasteiger partial charge in [0.15, 0.2) is 0 Å². The molecule has 1 N–H and O–H groups in total. The van der Waals surface area contributed by atoms with Crippen LogP contribution in [0.3, 0.4) is 0 Å². The van der Waals surface area contributed by atoms with Crippen LogP contribution in [0.5, 0.6) is 0 Å². The van der Waals surface area contributed by atoms with Crippen LogP contribution >= 0.6 is 22.9 Å². The molecule has 0 amide bonds. The molecule has 4 aromatic rings. The third kappa shape index (κ3) is 3.18. The number of hydrogen-bond donors (Lipinski definition) is 1. The fourth-order valence-electron chi connectivity index (χ4n) is 2.35. The Morgan fingerprint density at radius 3 is 2.76 bits per heavy atom. The second kappa shape index (κ2) is 6.38. The summed E-state index contributed by atoms with van der Waals surface area (Å²) in [6.45, 7) is 1.95.